The van der Waals surface area contributed by atoms with E-state index in [4.69, 9.17) is 0 Å². The van der Waals surface area contributed by atoms with Gasteiger partial charge in [0.05, 0.1) is 4.90 Å². The average Bonchev–Trinajstić information content (AvgIpc) is 2.45. The zero-order chi connectivity index (χ0) is 19.0. The van der Waals surface area contributed by atoms with E-state index in [-0.39, 0.29) is 29.8 Å². The SMILES string of the molecule is Cc1ccc(S(=O)(=O)NCCC(=O)NC(C)CCCC(C)C)c(C)c1. The van der Waals surface area contributed by atoms with Gasteiger partial charge < -0.3 is 5.32 Å². The molecule has 0 fully saturated rings. The molecular weight excluding hydrogens is 336 g/mol. The van der Waals surface area contributed by atoms with Crippen LogP contribution in [0.5, 0.6) is 0 Å². The number of sulfonamides is 1. The van der Waals surface area contributed by atoms with Crippen molar-refractivity contribution in [2.45, 2.75) is 71.2 Å². The monoisotopic (exact) mass is 368 g/mol. The first-order valence-electron chi connectivity index (χ1n) is 8.98. The third-order valence-electron chi connectivity index (χ3n) is 4.09. The molecule has 0 saturated heterocycles. The lowest BCUT2D eigenvalue weighted by Crippen LogP contribution is -2.35. The van der Waals surface area contributed by atoms with Gasteiger partial charge in [0.15, 0.2) is 0 Å². The Balaban J connectivity index is 2.41. The molecule has 0 radical (unpaired) electrons. The molecule has 0 saturated carbocycles. The van der Waals surface area contributed by atoms with Crippen molar-refractivity contribution < 1.29 is 13.2 Å². The van der Waals surface area contributed by atoms with Gasteiger partial charge in [-0.15, -0.1) is 0 Å². The molecule has 1 atom stereocenters. The van der Waals surface area contributed by atoms with E-state index in [2.05, 4.69) is 23.9 Å². The van der Waals surface area contributed by atoms with Crippen LogP contribution in [-0.2, 0) is 14.8 Å². The van der Waals surface area contributed by atoms with Crippen molar-refractivity contribution in [2.75, 3.05) is 6.54 Å². The number of hydrogen-bond acceptors (Lipinski definition) is 3. The van der Waals surface area contributed by atoms with Crippen molar-refractivity contribution in [3.05, 3.63) is 29.3 Å². The van der Waals surface area contributed by atoms with Gasteiger partial charge in [-0.1, -0.05) is 44.4 Å². The Labute approximate surface area is 152 Å². The van der Waals surface area contributed by atoms with E-state index >= 15 is 0 Å². The topological polar surface area (TPSA) is 75.3 Å². The van der Waals surface area contributed by atoms with E-state index in [1.807, 2.05) is 19.9 Å². The lowest BCUT2D eigenvalue weighted by Gasteiger charge is -2.15. The van der Waals surface area contributed by atoms with Gasteiger partial charge in [-0.05, 0) is 44.7 Å². The molecule has 1 amide bonds. The van der Waals surface area contributed by atoms with Crippen molar-refractivity contribution in [2.24, 2.45) is 5.92 Å². The van der Waals surface area contributed by atoms with E-state index in [1.165, 1.54) is 0 Å². The maximum atomic E-state index is 12.3. The van der Waals surface area contributed by atoms with Gasteiger partial charge in [0.1, 0.15) is 0 Å². The predicted molar refractivity (Wildman–Crippen MR) is 102 cm³/mol. The maximum Gasteiger partial charge on any atom is 0.240 e. The highest BCUT2D eigenvalue weighted by Gasteiger charge is 2.17. The number of benzene rings is 1. The zero-order valence-electron chi connectivity index (χ0n) is 16.1. The summed E-state index contributed by atoms with van der Waals surface area (Å²) in [5.74, 6) is 0.544. The average molecular weight is 369 g/mol. The van der Waals surface area contributed by atoms with Crippen LogP contribution in [0.2, 0.25) is 0 Å². The molecule has 0 heterocycles. The quantitative estimate of drug-likeness (QED) is 0.665. The summed E-state index contributed by atoms with van der Waals surface area (Å²) in [5, 5.41) is 2.92. The van der Waals surface area contributed by atoms with E-state index in [0.29, 0.717) is 11.5 Å². The van der Waals surface area contributed by atoms with E-state index in [9.17, 15) is 13.2 Å². The molecule has 6 heteroatoms. The minimum atomic E-state index is -3.59. The number of nitrogens with one attached hydrogen (secondary N) is 2. The summed E-state index contributed by atoms with van der Waals surface area (Å²) in [7, 11) is -3.59. The lowest BCUT2D eigenvalue weighted by molar-refractivity contribution is -0.121. The largest absolute Gasteiger partial charge is 0.354 e. The molecule has 25 heavy (non-hydrogen) atoms. The van der Waals surface area contributed by atoms with Gasteiger partial charge in [0.25, 0.3) is 0 Å². The number of hydrogen-bond donors (Lipinski definition) is 2. The van der Waals surface area contributed by atoms with Gasteiger partial charge in [-0.25, -0.2) is 13.1 Å². The Kier molecular flexibility index (Phi) is 8.59. The predicted octanol–water partition coefficient (Wildman–Crippen LogP) is 3.30. The summed E-state index contributed by atoms with van der Waals surface area (Å²) in [6.07, 6.45) is 3.31. The molecular formula is C19H32N2O3S. The van der Waals surface area contributed by atoms with Crippen LogP contribution in [0.1, 0.15) is 57.6 Å². The number of carbonyl (C=O) groups is 1. The summed E-state index contributed by atoms with van der Waals surface area (Å²) in [4.78, 5) is 12.2. The fourth-order valence-corrected chi connectivity index (χ4v) is 3.99. The molecule has 2 N–H and O–H groups in total. The molecule has 1 unspecified atom stereocenters. The first-order chi connectivity index (χ1) is 11.6. The van der Waals surface area contributed by atoms with Crippen molar-refractivity contribution >= 4 is 15.9 Å². The third-order valence-corrected chi connectivity index (χ3v) is 5.71. The molecule has 0 spiro atoms. The van der Waals surface area contributed by atoms with E-state index in [0.717, 1.165) is 24.8 Å². The van der Waals surface area contributed by atoms with Gasteiger partial charge in [-0.3, -0.25) is 4.79 Å². The van der Waals surface area contributed by atoms with Crippen molar-refractivity contribution in [1.29, 1.82) is 0 Å². The molecule has 0 bridgehead atoms. The van der Waals surface area contributed by atoms with Crippen LogP contribution in [0, 0.1) is 19.8 Å². The normalized spacial score (nSPS) is 13.0. The molecule has 142 valence electrons. The van der Waals surface area contributed by atoms with E-state index < -0.39 is 10.0 Å². The summed E-state index contributed by atoms with van der Waals surface area (Å²) in [6.45, 7) is 10.1. The fraction of sp³-hybridized carbons (Fsp3) is 0.632. The first kappa shape index (κ1) is 21.6. The fourth-order valence-electron chi connectivity index (χ4n) is 2.73. The van der Waals surface area contributed by atoms with Crippen molar-refractivity contribution in [3.63, 3.8) is 0 Å². The molecule has 1 aromatic carbocycles. The molecule has 0 aliphatic heterocycles. The Morgan fingerprint density at radius 2 is 1.80 bits per heavy atom. The zero-order valence-corrected chi connectivity index (χ0v) is 16.9. The van der Waals surface area contributed by atoms with Crippen LogP contribution in [0.25, 0.3) is 0 Å². The molecule has 0 aromatic heterocycles. The third kappa shape index (κ3) is 8.01. The highest BCUT2D eigenvalue weighted by Crippen LogP contribution is 2.16. The Bertz CT molecular complexity index is 669. The number of amides is 1. The van der Waals surface area contributed by atoms with Crippen molar-refractivity contribution in [1.82, 2.24) is 10.0 Å². The van der Waals surface area contributed by atoms with Gasteiger partial charge in [-0.2, -0.15) is 0 Å². The van der Waals surface area contributed by atoms with Crippen molar-refractivity contribution in [3.8, 4) is 0 Å². The second-order valence-electron chi connectivity index (χ2n) is 7.21. The second kappa shape index (κ2) is 9.92. The highest BCUT2D eigenvalue weighted by molar-refractivity contribution is 7.89. The Morgan fingerprint density at radius 3 is 2.40 bits per heavy atom. The summed E-state index contributed by atoms with van der Waals surface area (Å²) >= 11 is 0. The Hall–Kier alpha value is -1.40. The van der Waals surface area contributed by atoms with Crippen LogP contribution in [-0.4, -0.2) is 26.9 Å². The number of carbonyl (C=O) groups excluding carboxylic acids is 1. The lowest BCUT2D eigenvalue weighted by atomic mass is 10.0. The molecule has 1 aromatic rings. The van der Waals surface area contributed by atoms with E-state index in [1.54, 1.807) is 19.1 Å². The van der Waals surface area contributed by atoms with Gasteiger partial charge in [0, 0.05) is 19.0 Å². The second-order valence-corrected chi connectivity index (χ2v) is 8.95. The molecule has 0 aliphatic rings. The van der Waals surface area contributed by atoms with Gasteiger partial charge >= 0.3 is 0 Å². The van der Waals surface area contributed by atoms with Crippen LogP contribution in [0.3, 0.4) is 0 Å². The van der Waals surface area contributed by atoms with Crippen LogP contribution in [0.4, 0.5) is 0 Å². The first-order valence-corrected chi connectivity index (χ1v) is 10.5. The van der Waals surface area contributed by atoms with Gasteiger partial charge in [0.2, 0.25) is 15.9 Å². The smallest absolute Gasteiger partial charge is 0.240 e. The number of rotatable bonds is 10. The molecule has 5 nitrogen and oxygen atoms in total. The molecule has 1 rings (SSSR count). The van der Waals surface area contributed by atoms with Crippen LogP contribution >= 0.6 is 0 Å². The minimum absolute atomic E-state index is 0.0974. The standard InChI is InChI=1S/C19H32N2O3S/c1-14(2)7-6-8-17(5)21-19(22)11-12-20-25(23,24)18-10-9-15(3)13-16(18)4/h9-10,13-14,17,20H,6-8,11-12H2,1-5H3,(H,21,22). The highest BCUT2D eigenvalue weighted by atomic mass is 32.2. The Morgan fingerprint density at radius 1 is 1.12 bits per heavy atom. The minimum Gasteiger partial charge on any atom is -0.354 e. The summed E-state index contributed by atoms with van der Waals surface area (Å²) < 4.78 is 27.2. The maximum absolute atomic E-state index is 12.3. The number of aryl methyl sites for hydroxylation is 2. The van der Waals surface area contributed by atoms with Crippen LogP contribution in [0.15, 0.2) is 23.1 Å². The molecule has 0 aliphatic carbocycles. The summed E-state index contributed by atoms with van der Waals surface area (Å²) in [6, 6.07) is 5.32. The van der Waals surface area contributed by atoms with Crippen LogP contribution < -0.4 is 10.0 Å². The summed E-state index contributed by atoms with van der Waals surface area (Å²) in [5.41, 5.74) is 1.72.